The number of thioether (sulfide) groups is 1. The van der Waals surface area contributed by atoms with Crippen LogP contribution in [0.15, 0.2) is 41.0 Å². The number of halogens is 1. The summed E-state index contributed by atoms with van der Waals surface area (Å²) >= 11 is 9.27. The van der Waals surface area contributed by atoms with Crippen molar-refractivity contribution in [1.82, 2.24) is 9.97 Å². The minimum atomic E-state index is 0.578. The molecule has 3 rings (SSSR count). The summed E-state index contributed by atoms with van der Waals surface area (Å²) in [6.07, 6.45) is 3.05. The molecule has 22 heavy (non-hydrogen) atoms. The molecular weight excluding hydrogens is 334 g/mol. The molecule has 0 aliphatic carbocycles. The second kappa shape index (κ2) is 7.10. The third-order valence-corrected chi connectivity index (χ3v) is 5.38. The molecule has 1 aromatic carbocycles. The second-order valence-corrected chi connectivity index (χ2v) is 7.00. The first-order chi connectivity index (χ1) is 10.8. The highest BCUT2D eigenvalue weighted by atomic mass is 35.5. The number of benzene rings is 1. The number of fused-ring (bicyclic) bond motifs is 1. The van der Waals surface area contributed by atoms with Crippen LogP contribution in [0, 0.1) is 11.3 Å². The molecule has 2 aromatic heterocycles. The largest absolute Gasteiger partial charge is 0.229 e. The first kappa shape index (κ1) is 15.3. The minimum Gasteiger partial charge on any atom is -0.229 e. The molecule has 0 amide bonds. The van der Waals surface area contributed by atoms with Crippen molar-refractivity contribution in [2.24, 2.45) is 0 Å². The Morgan fingerprint density at radius 3 is 2.82 bits per heavy atom. The molecule has 0 spiro atoms. The zero-order chi connectivity index (χ0) is 15.4. The summed E-state index contributed by atoms with van der Waals surface area (Å²) in [7, 11) is 0. The van der Waals surface area contributed by atoms with Gasteiger partial charge in [0.2, 0.25) is 0 Å². The Hall–Kier alpha value is -1.61. The second-order valence-electron chi connectivity index (χ2n) is 4.63. The Bertz CT molecular complexity index is 822. The van der Waals surface area contributed by atoms with Crippen LogP contribution in [-0.4, -0.2) is 15.7 Å². The van der Waals surface area contributed by atoms with Crippen LogP contribution in [0.3, 0.4) is 0 Å². The molecule has 0 radical (unpaired) electrons. The van der Waals surface area contributed by atoms with Gasteiger partial charge in [-0.15, -0.1) is 23.1 Å². The van der Waals surface area contributed by atoms with Crippen molar-refractivity contribution in [3.8, 4) is 17.2 Å². The van der Waals surface area contributed by atoms with Gasteiger partial charge >= 0.3 is 0 Å². The lowest BCUT2D eigenvalue weighted by molar-refractivity contribution is 0.977. The van der Waals surface area contributed by atoms with Gasteiger partial charge in [-0.25, -0.2) is 9.97 Å². The molecule has 3 aromatic rings. The van der Waals surface area contributed by atoms with Crippen LogP contribution in [0.5, 0.6) is 0 Å². The quantitative estimate of drug-likeness (QED) is 0.352. The van der Waals surface area contributed by atoms with Gasteiger partial charge in [0.25, 0.3) is 0 Å². The number of hydrogen-bond acceptors (Lipinski definition) is 5. The molecule has 110 valence electrons. The van der Waals surface area contributed by atoms with Crippen molar-refractivity contribution in [3.63, 3.8) is 0 Å². The summed E-state index contributed by atoms with van der Waals surface area (Å²) in [5.74, 6) is 0.885. The van der Waals surface area contributed by atoms with E-state index < -0.39 is 0 Å². The van der Waals surface area contributed by atoms with E-state index in [1.54, 1.807) is 29.4 Å². The van der Waals surface area contributed by atoms with Crippen molar-refractivity contribution in [2.45, 2.75) is 17.9 Å². The predicted octanol–water partition coefficient (Wildman–Crippen LogP) is 5.41. The first-order valence-electron chi connectivity index (χ1n) is 6.77. The van der Waals surface area contributed by atoms with Gasteiger partial charge in [-0.05, 0) is 24.1 Å². The van der Waals surface area contributed by atoms with Crippen molar-refractivity contribution in [1.29, 1.82) is 5.26 Å². The lowest BCUT2D eigenvalue weighted by Gasteiger charge is -2.05. The van der Waals surface area contributed by atoms with Crippen LogP contribution in [-0.2, 0) is 0 Å². The molecule has 0 saturated heterocycles. The Balaban J connectivity index is 1.97. The predicted molar refractivity (Wildman–Crippen MR) is 93.4 cm³/mol. The van der Waals surface area contributed by atoms with E-state index in [2.05, 4.69) is 21.4 Å². The summed E-state index contributed by atoms with van der Waals surface area (Å²) in [6, 6.07) is 9.99. The van der Waals surface area contributed by atoms with Crippen LogP contribution >= 0.6 is 34.7 Å². The van der Waals surface area contributed by atoms with Gasteiger partial charge in [-0.3, -0.25) is 0 Å². The molecule has 0 atom stereocenters. The molecule has 0 fully saturated rings. The van der Waals surface area contributed by atoms with E-state index in [0.29, 0.717) is 6.42 Å². The van der Waals surface area contributed by atoms with E-state index in [0.717, 1.165) is 43.6 Å². The SMILES string of the molecule is N#CCCCSc1ncnc2scc(-c3ccc(Cl)cc3)c12. The number of rotatable bonds is 5. The number of hydrogen-bond donors (Lipinski definition) is 0. The maximum atomic E-state index is 8.62. The lowest BCUT2D eigenvalue weighted by atomic mass is 10.1. The smallest absolute Gasteiger partial charge is 0.128 e. The Labute approximate surface area is 142 Å². The third-order valence-electron chi connectivity index (χ3n) is 3.16. The van der Waals surface area contributed by atoms with Gasteiger partial charge < -0.3 is 0 Å². The average molecular weight is 346 g/mol. The van der Waals surface area contributed by atoms with Gasteiger partial charge in [0.15, 0.2) is 0 Å². The van der Waals surface area contributed by atoms with Crippen LogP contribution in [0.2, 0.25) is 5.02 Å². The fraction of sp³-hybridized carbons (Fsp3) is 0.188. The summed E-state index contributed by atoms with van der Waals surface area (Å²) in [6.45, 7) is 0. The van der Waals surface area contributed by atoms with Crippen LogP contribution in [0.25, 0.3) is 21.3 Å². The fourth-order valence-corrected chi connectivity index (χ4v) is 4.18. The first-order valence-corrected chi connectivity index (χ1v) is 9.02. The summed E-state index contributed by atoms with van der Waals surface area (Å²) in [4.78, 5) is 9.78. The highest BCUT2D eigenvalue weighted by Crippen LogP contribution is 2.38. The maximum Gasteiger partial charge on any atom is 0.128 e. The summed E-state index contributed by atoms with van der Waals surface area (Å²) in [5.41, 5.74) is 2.25. The topological polar surface area (TPSA) is 49.6 Å². The number of nitriles is 1. The molecule has 2 heterocycles. The summed E-state index contributed by atoms with van der Waals surface area (Å²) < 4.78 is 0. The van der Waals surface area contributed by atoms with Gasteiger partial charge in [0, 0.05) is 28.1 Å². The molecule has 0 bridgehead atoms. The molecular formula is C16H12ClN3S2. The zero-order valence-corrected chi connectivity index (χ0v) is 14.0. The van der Waals surface area contributed by atoms with Gasteiger partial charge in [0.05, 0.1) is 11.5 Å². The number of nitrogens with zero attached hydrogens (tertiary/aromatic N) is 3. The Morgan fingerprint density at radius 2 is 2.05 bits per heavy atom. The van der Waals surface area contributed by atoms with Gasteiger partial charge in [-0.1, -0.05) is 23.7 Å². The monoisotopic (exact) mass is 345 g/mol. The summed E-state index contributed by atoms with van der Waals surface area (Å²) in [5, 5.41) is 13.5. The van der Waals surface area contributed by atoms with Crippen molar-refractivity contribution in [2.75, 3.05) is 5.75 Å². The normalized spacial score (nSPS) is 10.7. The minimum absolute atomic E-state index is 0.578. The fourth-order valence-electron chi connectivity index (χ4n) is 2.12. The highest BCUT2D eigenvalue weighted by Gasteiger charge is 2.13. The average Bonchev–Trinajstić information content (AvgIpc) is 2.97. The Morgan fingerprint density at radius 1 is 1.23 bits per heavy atom. The van der Waals surface area contributed by atoms with Crippen molar-refractivity contribution < 1.29 is 0 Å². The molecule has 0 N–H and O–H groups in total. The lowest BCUT2D eigenvalue weighted by Crippen LogP contribution is -1.87. The zero-order valence-electron chi connectivity index (χ0n) is 11.6. The van der Waals surface area contributed by atoms with E-state index in [4.69, 9.17) is 16.9 Å². The molecule has 0 aliphatic rings. The molecule has 0 unspecified atom stereocenters. The number of unbranched alkanes of at least 4 members (excludes halogenated alkanes) is 1. The molecule has 6 heteroatoms. The van der Waals surface area contributed by atoms with E-state index in [1.807, 2.05) is 24.3 Å². The molecule has 0 aliphatic heterocycles. The van der Waals surface area contributed by atoms with Gasteiger partial charge in [0.1, 0.15) is 16.2 Å². The van der Waals surface area contributed by atoms with Crippen LogP contribution in [0.1, 0.15) is 12.8 Å². The number of aromatic nitrogens is 2. The van der Waals surface area contributed by atoms with E-state index in [1.165, 1.54) is 0 Å². The third kappa shape index (κ3) is 3.25. The standard InChI is InChI=1S/C16H12ClN3S2/c17-12-5-3-11(4-6-12)13-9-22-16-14(13)15(19-10-20-16)21-8-2-1-7-18/h3-6,9-10H,1-2,8H2. The van der Waals surface area contributed by atoms with Crippen molar-refractivity contribution >= 4 is 44.9 Å². The highest BCUT2D eigenvalue weighted by molar-refractivity contribution is 7.99. The van der Waals surface area contributed by atoms with E-state index in [-0.39, 0.29) is 0 Å². The van der Waals surface area contributed by atoms with Gasteiger partial charge in [-0.2, -0.15) is 5.26 Å². The molecule has 0 saturated carbocycles. The Kier molecular flexibility index (Phi) is 4.94. The molecule has 3 nitrogen and oxygen atoms in total. The maximum absolute atomic E-state index is 8.62. The van der Waals surface area contributed by atoms with Crippen molar-refractivity contribution in [3.05, 3.63) is 41.0 Å². The number of thiophene rings is 1. The van der Waals surface area contributed by atoms with E-state index in [9.17, 15) is 0 Å². The van der Waals surface area contributed by atoms with Crippen LogP contribution in [0.4, 0.5) is 0 Å². The van der Waals surface area contributed by atoms with Crippen LogP contribution < -0.4 is 0 Å². The van der Waals surface area contributed by atoms with E-state index >= 15 is 0 Å².